The van der Waals surface area contributed by atoms with E-state index in [0.717, 1.165) is 12.1 Å². The van der Waals surface area contributed by atoms with E-state index in [1.807, 2.05) is 0 Å². The van der Waals surface area contributed by atoms with E-state index >= 15 is 0 Å². The van der Waals surface area contributed by atoms with Crippen LogP contribution in [0, 0.1) is 5.41 Å². The van der Waals surface area contributed by atoms with Crippen molar-refractivity contribution < 1.29 is 0 Å². The summed E-state index contributed by atoms with van der Waals surface area (Å²) in [7, 11) is 0. The van der Waals surface area contributed by atoms with Crippen LogP contribution in [-0.2, 0) is 0 Å². The highest BCUT2D eigenvalue weighted by atomic mass is 14.9. The minimum Gasteiger partial charge on any atom is -0.309 e. The maximum absolute atomic E-state index is 4.67. The molecule has 1 fully saturated rings. The molecular weight excluding hydrogens is 256 g/mol. The number of hydrogen-bond acceptors (Lipinski definition) is 2. The number of benzene rings is 1. The summed E-state index contributed by atoms with van der Waals surface area (Å²) in [5.41, 5.74) is 2.82. The highest BCUT2D eigenvalue weighted by Crippen LogP contribution is 2.47. The van der Waals surface area contributed by atoms with E-state index in [9.17, 15) is 0 Å². The van der Waals surface area contributed by atoms with Gasteiger partial charge in [0.1, 0.15) is 0 Å². The van der Waals surface area contributed by atoms with Gasteiger partial charge in [0, 0.05) is 17.6 Å². The maximum Gasteiger partial charge on any atom is 0.0702 e. The second-order valence-corrected chi connectivity index (χ2v) is 6.71. The smallest absolute Gasteiger partial charge is 0.0702 e. The minimum atomic E-state index is 0.374. The fourth-order valence-electron chi connectivity index (χ4n) is 3.77. The Labute approximate surface area is 128 Å². The van der Waals surface area contributed by atoms with Gasteiger partial charge < -0.3 is 5.32 Å². The summed E-state index contributed by atoms with van der Waals surface area (Å²) in [5.74, 6) is 0. The van der Waals surface area contributed by atoms with E-state index in [2.05, 4.69) is 60.7 Å². The number of nitrogens with one attached hydrogen (secondary N) is 1. The zero-order valence-electron chi connectivity index (χ0n) is 13.2. The number of para-hydroxylation sites is 1. The highest BCUT2D eigenvalue weighted by Gasteiger charge is 2.37. The predicted molar refractivity (Wildman–Crippen MR) is 89.4 cm³/mol. The first-order valence-corrected chi connectivity index (χ1v) is 8.31. The molecule has 0 spiro atoms. The topological polar surface area (TPSA) is 24.9 Å². The molecule has 21 heavy (non-hydrogen) atoms. The van der Waals surface area contributed by atoms with Crippen molar-refractivity contribution in [2.24, 2.45) is 5.41 Å². The van der Waals surface area contributed by atoms with Crippen LogP contribution < -0.4 is 5.32 Å². The number of pyridine rings is 1. The number of hydrogen-bond donors (Lipinski definition) is 1. The second kappa shape index (κ2) is 6.15. The van der Waals surface area contributed by atoms with E-state index in [1.54, 1.807) is 0 Å². The molecular formula is C19H26N2. The largest absolute Gasteiger partial charge is 0.309 e. The average Bonchev–Trinajstić information content (AvgIpc) is 2.95. The normalized spacial score (nSPS) is 19.0. The van der Waals surface area contributed by atoms with Crippen LogP contribution in [0.1, 0.15) is 57.6 Å². The van der Waals surface area contributed by atoms with Crippen molar-refractivity contribution in [1.82, 2.24) is 10.3 Å². The first-order valence-electron chi connectivity index (χ1n) is 8.31. The fourth-order valence-corrected chi connectivity index (χ4v) is 3.77. The Hall–Kier alpha value is -1.41. The molecule has 0 amide bonds. The molecule has 1 atom stereocenters. The third-order valence-corrected chi connectivity index (χ3v) is 4.99. The summed E-state index contributed by atoms with van der Waals surface area (Å²) >= 11 is 0. The molecule has 1 unspecified atom stereocenters. The molecule has 2 nitrogen and oxygen atoms in total. The fraction of sp³-hybridized carbons (Fsp3) is 0.526. The molecule has 2 aromatic rings. The highest BCUT2D eigenvalue weighted by molar-refractivity contribution is 5.78. The van der Waals surface area contributed by atoms with Gasteiger partial charge in [-0.2, -0.15) is 0 Å². The third kappa shape index (κ3) is 2.96. The Morgan fingerprint density at radius 3 is 2.76 bits per heavy atom. The molecule has 1 saturated carbocycles. The molecule has 1 aromatic carbocycles. The zero-order chi connectivity index (χ0) is 14.7. The van der Waals surface area contributed by atoms with Gasteiger partial charge in [0.15, 0.2) is 0 Å². The van der Waals surface area contributed by atoms with E-state index in [4.69, 9.17) is 0 Å². The van der Waals surface area contributed by atoms with Gasteiger partial charge in [-0.1, -0.05) is 44.9 Å². The van der Waals surface area contributed by atoms with Crippen molar-refractivity contribution >= 4 is 10.9 Å². The van der Waals surface area contributed by atoms with Crippen molar-refractivity contribution in [2.75, 3.05) is 6.54 Å². The lowest BCUT2D eigenvalue weighted by molar-refractivity contribution is 0.223. The number of rotatable bonds is 5. The summed E-state index contributed by atoms with van der Waals surface area (Å²) in [5, 5.41) is 5.04. The standard InChI is InChI=1S/C19H26N2/c1-3-12-20-18(19(2)10-6-7-11-19)16-13-15-8-4-5-9-17(15)21-14-16/h4-5,8-9,13-14,18,20H,3,6-7,10-12H2,1-2H3. The van der Waals surface area contributed by atoms with Gasteiger partial charge in [-0.15, -0.1) is 0 Å². The van der Waals surface area contributed by atoms with Gasteiger partial charge in [-0.3, -0.25) is 4.98 Å². The molecule has 0 bridgehead atoms. The van der Waals surface area contributed by atoms with Gasteiger partial charge in [-0.05, 0) is 48.9 Å². The molecule has 1 aromatic heterocycles. The maximum atomic E-state index is 4.67. The molecule has 2 heteroatoms. The lowest BCUT2D eigenvalue weighted by atomic mass is 9.77. The minimum absolute atomic E-state index is 0.374. The first kappa shape index (κ1) is 14.5. The van der Waals surface area contributed by atoms with Crippen LogP contribution >= 0.6 is 0 Å². The van der Waals surface area contributed by atoms with Crippen molar-refractivity contribution in [1.29, 1.82) is 0 Å². The van der Waals surface area contributed by atoms with Gasteiger partial charge >= 0.3 is 0 Å². The lowest BCUT2D eigenvalue weighted by Gasteiger charge is -2.35. The molecule has 1 N–H and O–H groups in total. The number of fused-ring (bicyclic) bond motifs is 1. The summed E-state index contributed by atoms with van der Waals surface area (Å²) in [4.78, 5) is 4.67. The van der Waals surface area contributed by atoms with Crippen molar-refractivity contribution in [3.05, 3.63) is 42.1 Å². The summed E-state index contributed by atoms with van der Waals surface area (Å²) < 4.78 is 0. The average molecular weight is 282 g/mol. The van der Waals surface area contributed by atoms with E-state index in [1.165, 1.54) is 43.1 Å². The third-order valence-electron chi connectivity index (χ3n) is 4.99. The Balaban J connectivity index is 1.96. The Morgan fingerprint density at radius 1 is 1.24 bits per heavy atom. The number of aromatic nitrogens is 1. The molecule has 1 aliphatic carbocycles. The predicted octanol–water partition coefficient (Wildman–Crippen LogP) is 4.86. The molecule has 1 aliphatic rings. The quantitative estimate of drug-likeness (QED) is 0.847. The van der Waals surface area contributed by atoms with Crippen LogP contribution in [0.3, 0.4) is 0 Å². The van der Waals surface area contributed by atoms with Crippen LogP contribution in [0.5, 0.6) is 0 Å². The van der Waals surface area contributed by atoms with E-state index in [0.29, 0.717) is 11.5 Å². The monoisotopic (exact) mass is 282 g/mol. The zero-order valence-corrected chi connectivity index (χ0v) is 13.2. The molecule has 0 aliphatic heterocycles. The molecule has 1 heterocycles. The van der Waals surface area contributed by atoms with Gasteiger partial charge in [0.25, 0.3) is 0 Å². The second-order valence-electron chi connectivity index (χ2n) is 6.71. The summed E-state index contributed by atoms with van der Waals surface area (Å²) in [6.07, 6.45) is 8.62. The lowest BCUT2D eigenvalue weighted by Crippen LogP contribution is -2.35. The molecule has 3 rings (SSSR count). The Bertz CT molecular complexity index is 599. The van der Waals surface area contributed by atoms with Gasteiger partial charge in [0.05, 0.1) is 5.52 Å². The molecule has 0 saturated heterocycles. The van der Waals surface area contributed by atoms with Crippen LogP contribution in [0.25, 0.3) is 10.9 Å². The molecule has 0 radical (unpaired) electrons. The van der Waals surface area contributed by atoms with Gasteiger partial charge in [-0.25, -0.2) is 0 Å². The Morgan fingerprint density at radius 2 is 2.00 bits per heavy atom. The Kier molecular flexibility index (Phi) is 4.25. The van der Waals surface area contributed by atoms with E-state index in [-0.39, 0.29) is 0 Å². The van der Waals surface area contributed by atoms with Gasteiger partial charge in [0.2, 0.25) is 0 Å². The number of nitrogens with zero attached hydrogens (tertiary/aromatic N) is 1. The first-order chi connectivity index (χ1) is 10.2. The van der Waals surface area contributed by atoms with Crippen molar-refractivity contribution in [2.45, 2.75) is 52.0 Å². The summed E-state index contributed by atoms with van der Waals surface area (Å²) in [6.45, 7) is 5.76. The van der Waals surface area contributed by atoms with Crippen LogP contribution in [0.2, 0.25) is 0 Å². The van der Waals surface area contributed by atoms with Crippen molar-refractivity contribution in [3.63, 3.8) is 0 Å². The SMILES string of the molecule is CCCNC(c1cnc2ccccc2c1)C1(C)CCCC1. The van der Waals surface area contributed by atoms with E-state index < -0.39 is 0 Å². The van der Waals surface area contributed by atoms with Crippen molar-refractivity contribution in [3.8, 4) is 0 Å². The molecule has 112 valence electrons. The van der Waals surface area contributed by atoms with Crippen LogP contribution in [0.15, 0.2) is 36.5 Å². The summed E-state index contributed by atoms with van der Waals surface area (Å²) in [6, 6.07) is 11.2. The van der Waals surface area contributed by atoms with Crippen LogP contribution in [-0.4, -0.2) is 11.5 Å². The van der Waals surface area contributed by atoms with Crippen LogP contribution in [0.4, 0.5) is 0 Å².